The van der Waals surface area contributed by atoms with Crippen LogP contribution in [0.15, 0.2) is 63.7 Å². The third-order valence-electron chi connectivity index (χ3n) is 6.43. The second-order valence-electron chi connectivity index (χ2n) is 9.60. The zero-order chi connectivity index (χ0) is 26.6. The number of para-hydroxylation sites is 1. The highest BCUT2D eigenvalue weighted by molar-refractivity contribution is 9.10. The minimum Gasteiger partial charge on any atom is -0.507 e. The molecule has 0 aliphatic carbocycles. The van der Waals surface area contributed by atoms with E-state index in [1.54, 1.807) is 35.0 Å². The fourth-order valence-corrected chi connectivity index (χ4v) is 4.69. The first kappa shape index (κ1) is 27.4. The first-order valence-electron chi connectivity index (χ1n) is 12.2. The van der Waals surface area contributed by atoms with E-state index in [2.05, 4.69) is 55.8 Å². The molecule has 4 N–H and O–H groups in total. The molecule has 2 aromatic carbocycles. The van der Waals surface area contributed by atoms with E-state index in [1.165, 1.54) is 22.8 Å². The summed E-state index contributed by atoms with van der Waals surface area (Å²) in [5.74, 6) is -0.341. The van der Waals surface area contributed by atoms with Gasteiger partial charge in [0.25, 0.3) is 5.91 Å². The number of halogens is 1. The minimum atomic E-state index is -0.272. The molecule has 1 amide bonds. The fraction of sp³-hybridized carbons (Fsp3) is 0.345. The average molecular weight is 555 g/mol. The summed E-state index contributed by atoms with van der Waals surface area (Å²) >= 11 is 3.34. The van der Waals surface area contributed by atoms with Gasteiger partial charge in [0.2, 0.25) is 0 Å². The smallest absolute Gasteiger partial charge is 0.260 e. The number of allylic oxidation sites excluding steroid dienone is 5. The quantitative estimate of drug-likeness (QED) is 0.231. The molecule has 3 rings (SSSR count). The van der Waals surface area contributed by atoms with Crippen LogP contribution >= 0.6 is 15.9 Å². The van der Waals surface area contributed by atoms with E-state index in [4.69, 9.17) is 5.73 Å². The number of aromatic hydroxyl groups is 2. The Hall–Kier alpha value is -3.19. The van der Waals surface area contributed by atoms with Crippen LogP contribution in [0.3, 0.4) is 0 Å². The van der Waals surface area contributed by atoms with Crippen LogP contribution in [0.1, 0.15) is 63.7 Å². The molecule has 192 valence electrons. The third kappa shape index (κ3) is 5.95. The van der Waals surface area contributed by atoms with Crippen molar-refractivity contribution in [1.29, 1.82) is 0 Å². The van der Waals surface area contributed by atoms with E-state index < -0.39 is 0 Å². The van der Waals surface area contributed by atoms with Crippen molar-refractivity contribution >= 4 is 44.6 Å². The number of anilines is 4. The fourth-order valence-electron chi connectivity index (χ4n) is 4.39. The zero-order valence-electron chi connectivity index (χ0n) is 21.7. The molecule has 0 bridgehead atoms. The number of hydrogen-bond acceptors (Lipinski definition) is 5. The van der Waals surface area contributed by atoms with Gasteiger partial charge in [0.05, 0.1) is 32.8 Å². The zero-order valence-corrected chi connectivity index (χ0v) is 23.3. The van der Waals surface area contributed by atoms with Crippen molar-refractivity contribution in [2.24, 2.45) is 0 Å². The predicted octanol–water partition coefficient (Wildman–Crippen LogP) is 7.59. The molecule has 0 fully saturated rings. The molecule has 0 unspecified atom stereocenters. The largest absolute Gasteiger partial charge is 0.507 e. The number of hydrogen-bond donors (Lipinski definition) is 3. The van der Waals surface area contributed by atoms with E-state index >= 15 is 0 Å². The summed E-state index contributed by atoms with van der Waals surface area (Å²) in [6.45, 7) is 8.78. The van der Waals surface area contributed by atoms with Crippen molar-refractivity contribution in [3.05, 3.63) is 69.2 Å². The van der Waals surface area contributed by atoms with Gasteiger partial charge in [-0.3, -0.25) is 4.79 Å². The third-order valence-corrected chi connectivity index (χ3v) is 7.26. The van der Waals surface area contributed by atoms with E-state index in [9.17, 15) is 15.0 Å². The van der Waals surface area contributed by atoms with E-state index in [1.807, 2.05) is 6.08 Å². The molecule has 6 nitrogen and oxygen atoms in total. The summed E-state index contributed by atoms with van der Waals surface area (Å²) in [6, 6.07) is 6.42. The molecule has 0 saturated carbocycles. The number of carbonyl (C=O) groups is 1. The minimum absolute atomic E-state index is 0.0155. The molecule has 2 aromatic rings. The van der Waals surface area contributed by atoms with Gasteiger partial charge in [0.15, 0.2) is 0 Å². The Morgan fingerprint density at radius 2 is 1.61 bits per heavy atom. The number of phenols is 2. The maximum Gasteiger partial charge on any atom is 0.260 e. The number of nitrogens with two attached hydrogens (primary N) is 1. The second kappa shape index (κ2) is 11.7. The van der Waals surface area contributed by atoms with Crippen LogP contribution in [0.25, 0.3) is 0 Å². The Bertz CT molecular complexity index is 1240. The molecular formula is C29H36BrN3O3. The second-order valence-corrected chi connectivity index (χ2v) is 10.4. The topological polar surface area (TPSA) is 90.0 Å². The summed E-state index contributed by atoms with van der Waals surface area (Å²) in [7, 11) is 1.75. The Labute approximate surface area is 222 Å². The van der Waals surface area contributed by atoms with Crippen LogP contribution in [0, 0.1) is 0 Å². The number of rotatable bonds is 8. The monoisotopic (exact) mass is 553 g/mol. The van der Waals surface area contributed by atoms with Gasteiger partial charge in [-0.15, -0.1) is 0 Å². The highest BCUT2D eigenvalue weighted by Gasteiger charge is 2.33. The summed E-state index contributed by atoms with van der Waals surface area (Å²) in [5.41, 5.74) is 12.3. The number of benzene rings is 2. The van der Waals surface area contributed by atoms with Crippen molar-refractivity contribution in [3.63, 3.8) is 0 Å². The molecule has 0 saturated heterocycles. The van der Waals surface area contributed by atoms with E-state index in [-0.39, 0.29) is 23.1 Å². The maximum atomic E-state index is 13.7. The van der Waals surface area contributed by atoms with Crippen molar-refractivity contribution in [3.8, 4) is 11.5 Å². The SMILES string of the molecule is CC(C)=CCC/C(C)=C/CC/C(C)=C/CN1C(=O)c2cccc(O)c2N(C)c2c1cc(O)c(Br)c2N. The van der Waals surface area contributed by atoms with Crippen LogP contribution in [-0.4, -0.2) is 29.7 Å². The standard InChI is InChI=1S/C29H36BrN3O3/c1-18(2)9-6-10-19(3)11-7-12-20(4)15-16-33-22-17-24(35)25(30)26(31)28(22)32(5)27-21(29(33)36)13-8-14-23(27)34/h8-9,11,13-15,17,34-35H,6-7,10,12,16,31H2,1-5H3/b19-11+,20-15+. The molecule has 0 atom stereocenters. The van der Waals surface area contributed by atoms with Crippen molar-refractivity contribution < 1.29 is 15.0 Å². The van der Waals surface area contributed by atoms with Crippen molar-refractivity contribution in [1.82, 2.24) is 0 Å². The number of fused-ring (bicyclic) bond motifs is 2. The van der Waals surface area contributed by atoms with Crippen LogP contribution in [-0.2, 0) is 0 Å². The van der Waals surface area contributed by atoms with Crippen LogP contribution in [0.2, 0.25) is 0 Å². The van der Waals surface area contributed by atoms with Crippen LogP contribution < -0.4 is 15.5 Å². The van der Waals surface area contributed by atoms with E-state index in [0.29, 0.717) is 33.6 Å². The van der Waals surface area contributed by atoms with Gasteiger partial charge in [-0.2, -0.15) is 0 Å². The van der Waals surface area contributed by atoms with Crippen LogP contribution in [0.5, 0.6) is 11.5 Å². The molecule has 0 spiro atoms. The van der Waals surface area contributed by atoms with Gasteiger partial charge < -0.3 is 25.7 Å². The lowest BCUT2D eigenvalue weighted by Gasteiger charge is -2.26. The summed E-state index contributed by atoms with van der Waals surface area (Å²) < 4.78 is 0.345. The molecule has 36 heavy (non-hydrogen) atoms. The lowest BCUT2D eigenvalue weighted by molar-refractivity contribution is 0.0990. The number of nitrogens with zero attached hydrogens (tertiary/aromatic N) is 2. The van der Waals surface area contributed by atoms with Gasteiger partial charge in [-0.05, 0) is 81.4 Å². The van der Waals surface area contributed by atoms with Gasteiger partial charge in [0, 0.05) is 19.7 Å². The van der Waals surface area contributed by atoms with Gasteiger partial charge in [0.1, 0.15) is 11.5 Å². The number of nitrogen functional groups attached to an aromatic ring is 1. The van der Waals surface area contributed by atoms with Crippen molar-refractivity contribution in [2.75, 3.05) is 29.1 Å². The van der Waals surface area contributed by atoms with Crippen molar-refractivity contribution in [2.45, 2.75) is 53.4 Å². The van der Waals surface area contributed by atoms with E-state index in [0.717, 1.165) is 25.7 Å². The number of carbonyl (C=O) groups excluding carboxylic acids is 1. The number of phenolic OH excluding ortho intramolecular Hbond substituents is 2. The molecule has 1 heterocycles. The van der Waals surface area contributed by atoms with Crippen LogP contribution in [0.4, 0.5) is 22.7 Å². The first-order valence-corrected chi connectivity index (χ1v) is 12.9. The molecule has 1 aliphatic rings. The lowest BCUT2D eigenvalue weighted by Crippen LogP contribution is -2.30. The Morgan fingerprint density at radius 3 is 2.28 bits per heavy atom. The highest BCUT2D eigenvalue weighted by Crippen LogP contribution is 2.50. The summed E-state index contributed by atoms with van der Waals surface area (Å²) in [5, 5.41) is 21.1. The summed E-state index contributed by atoms with van der Waals surface area (Å²) in [4.78, 5) is 17.0. The maximum absolute atomic E-state index is 13.7. The Balaban J connectivity index is 1.89. The van der Waals surface area contributed by atoms with Gasteiger partial charge >= 0.3 is 0 Å². The first-order chi connectivity index (χ1) is 17.0. The van der Waals surface area contributed by atoms with Gasteiger partial charge in [-0.1, -0.05) is 41.0 Å². The Morgan fingerprint density at radius 1 is 0.972 bits per heavy atom. The Kier molecular flexibility index (Phi) is 8.90. The predicted molar refractivity (Wildman–Crippen MR) is 153 cm³/mol. The number of amides is 1. The van der Waals surface area contributed by atoms with Gasteiger partial charge in [-0.25, -0.2) is 0 Å². The highest BCUT2D eigenvalue weighted by atomic mass is 79.9. The molecule has 0 radical (unpaired) electrons. The normalized spacial score (nSPS) is 13.9. The molecular weight excluding hydrogens is 518 g/mol. The molecule has 1 aliphatic heterocycles. The lowest BCUT2D eigenvalue weighted by atomic mass is 10.1. The average Bonchev–Trinajstić information content (AvgIpc) is 2.89. The summed E-state index contributed by atoms with van der Waals surface area (Å²) in [6.07, 6.45) is 10.5. The molecule has 0 aromatic heterocycles. The molecule has 7 heteroatoms.